The Bertz CT molecular complexity index is 3090. The van der Waals surface area contributed by atoms with E-state index in [1.54, 1.807) is 63.7 Å². The Balaban J connectivity index is 1.19. The Kier molecular flexibility index (Phi) is 15.4. The molecule has 365 valence electrons. The monoisotopic (exact) mass is 1070 g/mol. The van der Waals surface area contributed by atoms with Gasteiger partial charge in [-0.25, -0.2) is 19.6 Å². The molecular formula is C46H51N12O11Sn. The number of carbonyl (C=O) groups excluding carboxylic acids is 5. The number of carboxylic acid groups (broad SMARTS) is 2. The number of rotatable bonds is 21. The summed E-state index contributed by atoms with van der Waals surface area (Å²) in [5, 5.41) is 34.5. The number of methoxy groups -OCH3 is 1. The number of carbonyl (C=O) groups is 7. The van der Waals surface area contributed by atoms with Gasteiger partial charge in [-0.15, -0.1) is 0 Å². The van der Waals surface area contributed by atoms with Gasteiger partial charge < -0.3 is 24.1 Å². The van der Waals surface area contributed by atoms with E-state index in [1.807, 2.05) is 13.8 Å². The predicted octanol–water partition coefficient (Wildman–Crippen LogP) is 3.93. The molecule has 1 atom stereocenters. The average Bonchev–Trinajstić information content (AvgIpc) is 4.13. The smallest absolute Gasteiger partial charge is 0.113 e. The van der Waals surface area contributed by atoms with E-state index in [0.29, 0.717) is 41.9 Å². The number of hydrogen-bond donors (Lipinski definition) is 4. The Labute approximate surface area is 413 Å². The second-order valence-corrected chi connectivity index (χ2v) is 18.3. The molecule has 0 saturated carbocycles. The molecule has 5 amide bonds. The molecule has 1 fully saturated rings. The summed E-state index contributed by atoms with van der Waals surface area (Å²) in [5.74, 6) is -3.81. The van der Waals surface area contributed by atoms with Crippen molar-refractivity contribution in [1.29, 1.82) is 0 Å². The van der Waals surface area contributed by atoms with Gasteiger partial charge in [0.2, 0.25) is 11.9 Å². The molecule has 4 aromatic heterocycles. The molecule has 4 N–H and O–H groups in total. The zero-order chi connectivity index (χ0) is 50.6. The fraction of sp³-hybridized carbons (Fsp3) is 0.370. The van der Waals surface area contributed by atoms with Crippen LogP contribution in [0.5, 0.6) is 11.5 Å². The van der Waals surface area contributed by atoms with Crippen LogP contribution in [0.3, 0.4) is 0 Å². The molecule has 1 aliphatic heterocycles. The number of aryl methyl sites for hydroxylation is 4. The Morgan fingerprint density at radius 1 is 0.800 bits per heavy atom. The van der Waals surface area contributed by atoms with E-state index in [0.717, 1.165) is 27.4 Å². The molecular weight excluding hydrogens is 1020 g/mol. The molecule has 24 heteroatoms. The summed E-state index contributed by atoms with van der Waals surface area (Å²) in [6.45, 7) is 8.43. The number of amides is 5. The number of benzene rings is 2. The first-order valence-electron chi connectivity index (χ1n) is 22.3. The standard InChI is InChI=1S/C46H51N12O11.Sn/c1-7-57-32(20-26(3)51-57)41(62)49-45-47-30-22-28(43(64)65)24-34(68-6)39(30)55(45)16-9-10-17-56-40-31(48-46(56)50-42(63)33-21-27(4)52-58(33)8-2)23-29(44(66)67)25-35(40)69-19-11-15-53(5)36(59)14-18-54-37(60)12-13-38(54)61;/h9-10,12,20-25H,7-8,11,13-19H2,1-6H3,(H,64,65)(H,66,67)(H,47,49,62)(H,48,50,63);/b10-9+;. The van der Waals surface area contributed by atoms with Gasteiger partial charge in [0.1, 0.15) is 28.2 Å². The molecule has 6 aromatic rings. The number of ether oxygens (including phenoxy) is 2. The van der Waals surface area contributed by atoms with Gasteiger partial charge in [-0.05, 0) is 64.1 Å². The Morgan fingerprint density at radius 2 is 1.30 bits per heavy atom. The van der Waals surface area contributed by atoms with E-state index in [-0.39, 0.29) is 124 Å². The van der Waals surface area contributed by atoms with E-state index < -0.39 is 23.8 Å². The van der Waals surface area contributed by atoms with Gasteiger partial charge in [-0.2, -0.15) is 10.2 Å². The SMILES string of the molecule is CCn1nc(C)cc1C(=O)Nc1nc2cc(C(=O)O)cc(OC)c2n1C/C=C/Cn1c(NC(=O)c2cc(C)nn2CC)nc2cc(C(=O)O)cc(OCCCN(C)C(=O)CCN3C(=O)C[CH]([Sn])C3=O)c21. The third-order valence-electron chi connectivity index (χ3n) is 11.5. The van der Waals surface area contributed by atoms with Gasteiger partial charge in [-0.1, -0.05) is 12.2 Å². The second kappa shape index (κ2) is 21.4. The number of fused-ring (bicyclic) bond motifs is 2. The minimum Gasteiger partial charge on any atom is 0.113 e. The first-order valence-corrected chi connectivity index (χ1v) is 23.9. The molecule has 0 aliphatic carbocycles. The van der Waals surface area contributed by atoms with Gasteiger partial charge in [0.05, 0.1) is 40.7 Å². The van der Waals surface area contributed by atoms with Crippen molar-refractivity contribution in [3.63, 3.8) is 0 Å². The molecule has 1 unspecified atom stereocenters. The van der Waals surface area contributed by atoms with Crippen LogP contribution in [0.2, 0.25) is 3.93 Å². The van der Waals surface area contributed by atoms with E-state index in [1.165, 1.54) is 36.3 Å². The van der Waals surface area contributed by atoms with Gasteiger partial charge in [0.15, 0.2) is 0 Å². The largest absolute Gasteiger partial charge is 0.113 e. The van der Waals surface area contributed by atoms with E-state index in [9.17, 15) is 43.8 Å². The predicted molar refractivity (Wildman–Crippen MR) is 253 cm³/mol. The number of carboxylic acids is 2. The van der Waals surface area contributed by atoms with Crippen LogP contribution in [-0.2, 0) is 40.6 Å². The zero-order valence-electron chi connectivity index (χ0n) is 39.3. The van der Waals surface area contributed by atoms with Crippen LogP contribution in [0.15, 0.2) is 48.6 Å². The molecule has 23 nitrogen and oxygen atoms in total. The van der Waals surface area contributed by atoms with Gasteiger partial charge in [-0.3, -0.25) is 29.6 Å². The van der Waals surface area contributed by atoms with Crippen LogP contribution in [0.4, 0.5) is 11.9 Å². The topological polar surface area (TPSA) is 280 Å². The van der Waals surface area contributed by atoms with Gasteiger partial charge in [0.25, 0.3) is 11.8 Å². The summed E-state index contributed by atoms with van der Waals surface area (Å²) >= 11 is 0.953. The maximum atomic E-state index is 13.9. The van der Waals surface area contributed by atoms with Gasteiger partial charge >= 0.3 is 137 Å². The third-order valence-corrected chi connectivity index (χ3v) is 12.8. The van der Waals surface area contributed by atoms with Crippen LogP contribution < -0.4 is 20.1 Å². The van der Waals surface area contributed by atoms with Crippen LogP contribution in [-0.4, -0.2) is 157 Å². The van der Waals surface area contributed by atoms with E-state index in [2.05, 4.69) is 30.8 Å². The molecule has 2 aromatic carbocycles. The Hall–Kier alpha value is -7.57. The summed E-state index contributed by atoms with van der Waals surface area (Å²) in [6, 6.07) is 8.73. The number of anilines is 2. The summed E-state index contributed by atoms with van der Waals surface area (Å²) in [4.78, 5) is 102. The molecule has 1 saturated heterocycles. The quantitative estimate of drug-likeness (QED) is 0.0344. The van der Waals surface area contributed by atoms with Crippen LogP contribution in [0, 0.1) is 13.8 Å². The first-order chi connectivity index (χ1) is 33.4. The van der Waals surface area contributed by atoms with Crippen molar-refractivity contribution in [3.8, 4) is 11.5 Å². The number of imidazole rings is 2. The van der Waals surface area contributed by atoms with Crippen molar-refractivity contribution in [3.05, 3.63) is 82.5 Å². The van der Waals surface area contributed by atoms with Crippen molar-refractivity contribution < 1.29 is 53.2 Å². The fourth-order valence-electron chi connectivity index (χ4n) is 8.07. The normalized spacial score (nSPS) is 13.8. The summed E-state index contributed by atoms with van der Waals surface area (Å²) < 4.78 is 18.0. The third kappa shape index (κ3) is 10.7. The molecule has 5 heterocycles. The summed E-state index contributed by atoms with van der Waals surface area (Å²) in [7, 11) is 2.99. The molecule has 0 bridgehead atoms. The number of aromatic carboxylic acids is 2. The van der Waals surface area contributed by atoms with Crippen molar-refractivity contribution >= 4 is 98.0 Å². The second-order valence-electron chi connectivity index (χ2n) is 16.4. The molecule has 70 heavy (non-hydrogen) atoms. The first kappa shape index (κ1) is 50.3. The minimum atomic E-state index is -1.25. The maximum Gasteiger partial charge on any atom is 0.113 e. The van der Waals surface area contributed by atoms with E-state index in [4.69, 9.17) is 9.47 Å². The van der Waals surface area contributed by atoms with Crippen LogP contribution >= 0.6 is 0 Å². The minimum absolute atomic E-state index is 0.00421. The number of likely N-dealkylation sites (tertiary alicyclic amines) is 1. The number of allylic oxidation sites excluding steroid dienone is 2. The van der Waals surface area contributed by atoms with Crippen LogP contribution in [0.1, 0.15) is 86.2 Å². The van der Waals surface area contributed by atoms with Gasteiger partial charge in [0, 0.05) is 26.2 Å². The number of nitrogens with zero attached hydrogens (tertiary/aromatic N) is 10. The molecule has 7 rings (SSSR count). The van der Waals surface area contributed by atoms with Crippen molar-refractivity contribution in [2.45, 2.75) is 77.1 Å². The summed E-state index contributed by atoms with van der Waals surface area (Å²) in [5.41, 5.74) is 2.78. The maximum absolute atomic E-state index is 13.9. The molecule has 1 aliphatic rings. The number of aromatic nitrogens is 8. The average molecular weight is 1070 g/mol. The Morgan fingerprint density at radius 3 is 1.76 bits per heavy atom. The van der Waals surface area contributed by atoms with Crippen molar-refractivity contribution in [2.24, 2.45) is 0 Å². The number of imide groups is 1. The molecule has 3 radical (unpaired) electrons. The van der Waals surface area contributed by atoms with Crippen molar-refractivity contribution in [2.75, 3.05) is 44.5 Å². The summed E-state index contributed by atoms with van der Waals surface area (Å²) in [6.07, 6.45) is 3.95. The fourth-order valence-corrected chi connectivity index (χ4v) is 9.02. The molecule has 0 spiro atoms. The number of nitrogens with one attached hydrogen (secondary N) is 2. The van der Waals surface area contributed by atoms with E-state index >= 15 is 0 Å². The zero-order valence-corrected chi connectivity index (χ0v) is 42.2. The van der Waals surface area contributed by atoms with Crippen molar-refractivity contribution in [1.82, 2.24) is 48.5 Å². The number of hydrogen-bond acceptors (Lipinski definition) is 13. The van der Waals surface area contributed by atoms with Crippen LogP contribution in [0.25, 0.3) is 22.1 Å².